The van der Waals surface area contributed by atoms with Crippen molar-refractivity contribution in [3.63, 3.8) is 0 Å². The molecule has 1 rings (SSSR count). The second kappa shape index (κ2) is 6.05. The number of rotatable bonds is 4. The van der Waals surface area contributed by atoms with Crippen molar-refractivity contribution in [3.05, 3.63) is 0 Å². The Morgan fingerprint density at radius 1 is 1.29 bits per heavy atom. The van der Waals surface area contributed by atoms with Crippen LogP contribution in [0.1, 0.15) is 58.8 Å². The zero-order valence-electron chi connectivity index (χ0n) is 9.63. The first-order valence-electron chi connectivity index (χ1n) is 6.10. The average Bonchev–Trinajstić information content (AvgIpc) is 2.19. The highest BCUT2D eigenvalue weighted by molar-refractivity contribution is 5.80. The summed E-state index contributed by atoms with van der Waals surface area (Å²) >= 11 is 0. The van der Waals surface area contributed by atoms with Crippen molar-refractivity contribution in [2.45, 2.75) is 64.8 Å². The molecule has 0 heterocycles. The number of amidine groups is 1. The Morgan fingerprint density at radius 2 is 2.00 bits per heavy atom. The first-order valence-corrected chi connectivity index (χ1v) is 6.10. The van der Waals surface area contributed by atoms with E-state index in [0.717, 1.165) is 24.6 Å². The van der Waals surface area contributed by atoms with E-state index in [-0.39, 0.29) is 0 Å². The van der Waals surface area contributed by atoms with Crippen LogP contribution in [0.15, 0.2) is 4.99 Å². The molecule has 0 aromatic carbocycles. The molecule has 1 aliphatic rings. The molecule has 0 saturated heterocycles. The van der Waals surface area contributed by atoms with Gasteiger partial charge in [-0.1, -0.05) is 33.1 Å². The van der Waals surface area contributed by atoms with E-state index in [1.165, 1.54) is 32.1 Å². The normalized spacial score (nSPS) is 29.1. The molecular weight excluding hydrogens is 172 g/mol. The third-order valence-corrected chi connectivity index (χ3v) is 3.23. The molecule has 14 heavy (non-hydrogen) atoms. The zero-order chi connectivity index (χ0) is 10.4. The lowest BCUT2D eigenvalue weighted by atomic mass is 9.83. The summed E-state index contributed by atoms with van der Waals surface area (Å²) in [4.78, 5) is 4.67. The molecule has 0 amide bonds. The minimum atomic E-state index is 0.528. The van der Waals surface area contributed by atoms with E-state index in [1.807, 2.05) is 0 Å². The number of nitrogens with zero attached hydrogens (tertiary/aromatic N) is 1. The Kier molecular flexibility index (Phi) is 4.99. The van der Waals surface area contributed by atoms with Crippen molar-refractivity contribution in [2.75, 3.05) is 0 Å². The van der Waals surface area contributed by atoms with Gasteiger partial charge >= 0.3 is 0 Å². The fourth-order valence-corrected chi connectivity index (χ4v) is 2.37. The molecule has 1 fully saturated rings. The zero-order valence-corrected chi connectivity index (χ0v) is 9.63. The van der Waals surface area contributed by atoms with E-state index in [1.54, 1.807) is 0 Å². The van der Waals surface area contributed by atoms with Gasteiger partial charge in [0.2, 0.25) is 0 Å². The molecule has 0 aliphatic heterocycles. The molecule has 0 aromatic rings. The summed E-state index contributed by atoms with van der Waals surface area (Å²) in [5.74, 6) is 1.66. The predicted molar refractivity (Wildman–Crippen MR) is 62.6 cm³/mol. The Balaban J connectivity index is 2.50. The highest BCUT2D eigenvalue weighted by Crippen LogP contribution is 2.29. The highest BCUT2D eigenvalue weighted by atomic mass is 14.9. The van der Waals surface area contributed by atoms with Crippen LogP contribution in [0, 0.1) is 5.92 Å². The van der Waals surface area contributed by atoms with E-state index in [2.05, 4.69) is 18.8 Å². The van der Waals surface area contributed by atoms with Crippen molar-refractivity contribution >= 4 is 5.84 Å². The van der Waals surface area contributed by atoms with Crippen LogP contribution in [0.25, 0.3) is 0 Å². The van der Waals surface area contributed by atoms with Crippen LogP contribution in [-0.4, -0.2) is 11.9 Å². The maximum absolute atomic E-state index is 5.88. The maximum Gasteiger partial charge on any atom is 0.0940 e. The fourth-order valence-electron chi connectivity index (χ4n) is 2.37. The quantitative estimate of drug-likeness (QED) is 0.544. The molecule has 1 aliphatic carbocycles. The van der Waals surface area contributed by atoms with Gasteiger partial charge in [0.15, 0.2) is 0 Å². The van der Waals surface area contributed by atoms with Gasteiger partial charge in [0, 0.05) is 6.42 Å². The summed E-state index contributed by atoms with van der Waals surface area (Å²) in [6, 6.07) is 0.528. The van der Waals surface area contributed by atoms with Crippen molar-refractivity contribution in [1.29, 1.82) is 0 Å². The van der Waals surface area contributed by atoms with Gasteiger partial charge in [0.25, 0.3) is 0 Å². The van der Waals surface area contributed by atoms with Crippen LogP contribution in [0.4, 0.5) is 0 Å². The Morgan fingerprint density at radius 3 is 2.64 bits per heavy atom. The molecule has 2 nitrogen and oxygen atoms in total. The van der Waals surface area contributed by atoms with E-state index in [9.17, 15) is 0 Å². The monoisotopic (exact) mass is 196 g/mol. The topological polar surface area (TPSA) is 38.4 Å². The summed E-state index contributed by atoms with van der Waals surface area (Å²) in [5.41, 5.74) is 5.88. The van der Waals surface area contributed by atoms with Crippen LogP contribution in [0.5, 0.6) is 0 Å². The van der Waals surface area contributed by atoms with Crippen LogP contribution in [0.3, 0.4) is 0 Å². The third-order valence-electron chi connectivity index (χ3n) is 3.23. The van der Waals surface area contributed by atoms with Gasteiger partial charge in [-0.2, -0.15) is 0 Å². The molecule has 2 heteroatoms. The van der Waals surface area contributed by atoms with Gasteiger partial charge in [-0.05, 0) is 25.2 Å². The summed E-state index contributed by atoms with van der Waals surface area (Å²) in [6.07, 6.45) is 8.66. The SMILES string of the molecule is CCCC(N)=NC1CCCCC1CC. The summed E-state index contributed by atoms with van der Waals surface area (Å²) < 4.78 is 0. The molecular formula is C12H24N2. The van der Waals surface area contributed by atoms with Crippen LogP contribution < -0.4 is 5.73 Å². The summed E-state index contributed by atoms with van der Waals surface area (Å²) in [7, 11) is 0. The second-order valence-corrected chi connectivity index (χ2v) is 4.39. The van der Waals surface area contributed by atoms with E-state index in [4.69, 9.17) is 5.73 Å². The minimum absolute atomic E-state index is 0.528. The highest BCUT2D eigenvalue weighted by Gasteiger charge is 2.22. The van der Waals surface area contributed by atoms with Crippen LogP contribution in [-0.2, 0) is 0 Å². The molecule has 0 aromatic heterocycles. The lowest BCUT2D eigenvalue weighted by molar-refractivity contribution is 0.301. The molecule has 0 bridgehead atoms. The number of hydrogen-bond acceptors (Lipinski definition) is 1. The summed E-state index contributed by atoms with van der Waals surface area (Å²) in [6.45, 7) is 4.43. The van der Waals surface area contributed by atoms with E-state index < -0.39 is 0 Å². The largest absolute Gasteiger partial charge is 0.387 e. The first kappa shape index (κ1) is 11.5. The van der Waals surface area contributed by atoms with Gasteiger partial charge in [-0.15, -0.1) is 0 Å². The standard InChI is InChI=1S/C12H24N2/c1-3-7-12(13)14-11-9-6-5-8-10(11)4-2/h10-11H,3-9H2,1-2H3,(H2,13,14). The lowest BCUT2D eigenvalue weighted by Crippen LogP contribution is -2.26. The molecule has 0 radical (unpaired) electrons. The molecule has 82 valence electrons. The Hall–Kier alpha value is -0.530. The lowest BCUT2D eigenvalue weighted by Gasteiger charge is -2.28. The molecule has 2 unspecified atom stereocenters. The second-order valence-electron chi connectivity index (χ2n) is 4.39. The smallest absolute Gasteiger partial charge is 0.0940 e. The van der Waals surface area contributed by atoms with E-state index >= 15 is 0 Å². The van der Waals surface area contributed by atoms with Crippen molar-refractivity contribution < 1.29 is 0 Å². The molecule has 1 saturated carbocycles. The van der Waals surface area contributed by atoms with Gasteiger partial charge in [0.05, 0.1) is 11.9 Å². The van der Waals surface area contributed by atoms with Crippen LogP contribution >= 0.6 is 0 Å². The van der Waals surface area contributed by atoms with Gasteiger partial charge in [-0.25, -0.2) is 0 Å². The summed E-state index contributed by atoms with van der Waals surface area (Å²) in [5, 5.41) is 0. The minimum Gasteiger partial charge on any atom is -0.387 e. The van der Waals surface area contributed by atoms with Crippen molar-refractivity contribution in [2.24, 2.45) is 16.6 Å². The number of hydrogen-bond donors (Lipinski definition) is 1. The fraction of sp³-hybridized carbons (Fsp3) is 0.917. The Labute approximate surface area is 88.0 Å². The van der Waals surface area contributed by atoms with Crippen molar-refractivity contribution in [3.8, 4) is 0 Å². The van der Waals surface area contributed by atoms with Gasteiger partial charge in [0.1, 0.15) is 0 Å². The predicted octanol–water partition coefficient (Wildman–Crippen LogP) is 3.11. The third kappa shape index (κ3) is 3.32. The van der Waals surface area contributed by atoms with Gasteiger partial charge < -0.3 is 5.73 Å². The van der Waals surface area contributed by atoms with Gasteiger partial charge in [-0.3, -0.25) is 4.99 Å². The first-order chi connectivity index (χ1) is 6.77. The van der Waals surface area contributed by atoms with E-state index in [0.29, 0.717) is 6.04 Å². The van der Waals surface area contributed by atoms with Crippen LogP contribution in [0.2, 0.25) is 0 Å². The van der Waals surface area contributed by atoms with Crippen molar-refractivity contribution in [1.82, 2.24) is 0 Å². The average molecular weight is 196 g/mol. The Bertz CT molecular complexity index is 187. The maximum atomic E-state index is 5.88. The molecule has 2 atom stereocenters. The molecule has 0 spiro atoms. The number of aliphatic imine (C=N–C) groups is 1. The number of nitrogens with two attached hydrogens (primary N) is 1. The molecule has 2 N–H and O–H groups in total.